The van der Waals surface area contributed by atoms with Crippen molar-refractivity contribution in [3.05, 3.63) is 52.6 Å². The molecule has 0 bridgehead atoms. The lowest BCUT2D eigenvalue weighted by atomic mass is 9.91. The molecule has 0 aliphatic carbocycles. The number of carbonyl (C=O) groups is 1. The summed E-state index contributed by atoms with van der Waals surface area (Å²) in [6, 6.07) is 5.53. The van der Waals surface area contributed by atoms with Gasteiger partial charge in [0, 0.05) is 30.6 Å². The number of aromatic nitrogens is 2. The maximum atomic E-state index is 11.6. The number of rotatable bonds is 1. The molecule has 1 aliphatic rings. The highest BCUT2D eigenvalue weighted by molar-refractivity contribution is 6.29. The molecule has 3 rings (SSSR count). The van der Waals surface area contributed by atoms with Gasteiger partial charge in [-0.15, -0.1) is 0 Å². The monoisotopic (exact) mass is 247 g/mol. The van der Waals surface area contributed by atoms with Crippen LogP contribution >= 0.6 is 11.6 Å². The number of amides is 1. The number of fused-ring (bicyclic) bond motifs is 1. The first-order valence-electron chi connectivity index (χ1n) is 5.32. The van der Waals surface area contributed by atoms with E-state index in [4.69, 9.17) is 11.6 Å². The standard InChI is InChI=1S/C12H10ClN3O/c13-10-5-7(1-3-14-10)9-6-16-12(17)8-2-4-15-11(8)9/h1-5,9,15H,6H2,(H,16,17). The van der Waals surface area contributed by atoms with Gasteiger partial charge in [-0.2, -0.15) is 0 Å². The second-order valence-electron chi connectivity index (χ2n) is 3.98. The van der Waals surface area contributed by atoms with E-state index in [1.807, 2.05) is 12.1 Å². The average molecular weight is 248 g/mol. The molecule has 0 aromatic carbocycles. The third-order valence-corrected chi connectivity index (χ3v) is 3.20. The Hall–Kier alpha value is -1.81. The molecule has 1 atom stereocenters. The summed E-state index contributed by atoms with van der Waals surface area (Å²) in [5.41, 5.74) is 2.69. The van der Waals surface area contributed by atoms with Crippen LogP contribution in [0.5, 0.6) is 0 Å². The number of aromatic amines is 1. The van der Waals surface area contributed by atoms with Crippen LogP contribution in [0, 0.1) is 0 Å². The fraction of sp³-hybridized carbons (Fsp3) is 0.167. The van der Waals surface area contributed by atoms with E-state index in [9.17, 15) is 4.79 Å². The maximum Gasteiger partial charge on any atom is 0.253 e. The van der Waals surface area contributed by atoms with Crippen LogP contribution < -0.4 is 5.32 Å². The maximum absolute atomic E-state index is 11.6. The van der Waals surface area contributed by atoms with Gasteiger partial charge in [0.1, 0.15) is 5.15 Å². The van der Waals surface area contributed by atoms with Crippen molar-refractivity contribution in [3.63, 3.8) is 0 Å². The molecule has 17 heavy (non-hydrogen) atoms. The van der Waals surface area contributed by atoms with Crippen LogP contribution in [-0.2, 0) is 0 Å². The minimum absolute atomic E-state index is 0.0300. The predicted octanol–water partition coefficient (Wildman–Crippen LogP) is 1.94. The van der Waals surface area contributed by atoms with Crippen molar-refractivity contribution in [3.8, 4) is 0 Å². The lowest BCUT2D eigenvalue weighted by molar-refractivity contribution is 0.0942. The number of H-pyrrole nitrogens is 1. The van der Waals surface area contributed by atoms with Gasteiger partial charge in [0.2, 0.25) is 0 Å². The molecule has 0 saturated heterocycles. The molecule has 0 saturated carbocycles. The molecule has 2 N–H and O–H groups in total. The fourth-order valence-corrected chi connectivity index (χ4v) is 2.36. The van der Waals surface area contributed by atoms with Gasteiger partial charge in [-0.25, -0.2) is 4.98 Å². The molecule has 86 valence electrons. The number of halogens is 1. The van der Waals surface area contributed by atoms with Crippen molar-refractivity contribution in [2.45, 2.75) is 5.92 Å². The van der Waals surface area contributed by atoms with E-state index in [0.717, 1.165) is 11.3 Å². The molecule has 1 amide bonds. The number of pyridine rings is 1. The Labute approximate surface area is 103 Å². The second-order valence-corrected chi connectivity index (χ2v) is 4.37. The van der Waals surface area contributed by atoms with E-state index in [1.54, 1.807) is 18.5 Å². The molecule has 1 unspecified atom stereocenters. The van der Waals surface area contributed by atoms with Crippen molar-refractivity contribution in [1.82, 2.24) is 15.3 Å². The highest BCUT2D eigenvalue weighted by Gasteiger charge is 2.27. The van der Waals surface area contributed by atoms with E-state index in [1.165, 1.54) is 0 Å². The molecule has 5 heteroatoms. The third kappa shape index (κ3) is 1.70. The highest BCUT2D eigenvalue weighted by Crippen LogP contribution is 2.29. The first kappa shape index (κ1) is 10.4. The molecule has 2 aromatic heterocycles. The summed E-state index contributed by atoms with van der Waals surface area (Å²) in [7, 11) is 0. The largest absolute Gasteiger partial charge is 0.364 e. The van der Waals surface area contributed by atoms with E-state index in [2.05, 4.69) is 15.3 Å². The van der Waals surface area contributed by atoms with Crippen LogP contribution in [0.4, 0.5) is 0 Å². The zero-order valence-corrected chi connectivity index (χ0v) is 9.66. The highest BCUT2D eigenvalue weighted by atomic mass is 35.5. The van der Waals surface area contributed by atoms with Gasteiger partial charge < -0.3 is 10.3 Å². The van der Waals surface area contributed by atoms with Crippen molar-refractivity contribution in [2.75, 3.05) is 6.54 Å². The van der Waals surface area contributed by atoms with Gasteiger partial charge in [0.05, 0.1) is 5.56 Å². The van der Waals surface area contributed by atoms with Gasteiger partial charge in [-0.1, -0.05) is 11.6 Å². The zero-order chi connectivity index (χ0) is 11.8. The molecule has 0 spiro atoms. The van der Waals surface area contributed by atoms with Gasteiger partial charge in [-0.05, 0) is 23.8 Å². The summed E-state index contributed by atoms with van der Waals surface area (Å²) in [6.07, 6.45) is 3.46. The molecule has 0 fully saturated rings. The number of hydrogen-bond donors (Lipinski definition) is 2. The number of hydrogen-bond acceptors (Lipinski definition) is 2. The normalized spacial score (nSPS) is 18.6. The average Bonchev–Trinajstić information content (AvgIpc) is 2.79. The zero-order valence-electron chi connectivity index (χ0n) is 8.90. The molecule has 4 nitrogen and oxygen atoms in total. The number of carbonyl (C=O) groups excluding carboxylic acids is 1. The first-order valence-corrected chi connectivity index (χ1v) is 5.70. The topological polar surface area (TPSA) is 57.8 Å². The van der Waals surface area contributed by atoms with Crippen LogP contribution in [0.3, 0.4) is 0 Å². The van der Waals surface area contributed by atoms with Crippen molar-refractivity contribution in [2.24, 2.45) is 0 Å². The lowest BCUT2D eigenvalue weighted by Gasteiger charge is -2.23. The van der Waals surface area contributed by atoms with Crippen LogP contribution in [0.1, 0.15) is 27.5 Å². The Balaban J connectivity index is 2.07. The SMILES string of the molecule is O=C1NCC(c2ccnc(Cl)c2)c2[nH]ccc21. The van der Waals surface area contributed by atoms with Crippen molar-refractivity contribution in [1.29, 1.82) is 0 Å². The van der Waals surface area contributed by atoms with Gasteiger partial charge in [0.15, 0.2) is 0 Å². The van der Waals surface area contributed by atoms with Gasteiger partial charge in [0.25, 0.3) is 5.91 Å². The smallest absolute Gasteiger partial charge is 0.253 e. The molecule has 1 aliphatic heterocycles. The van der Waals surface area contributed by atoms with Gasteiger partial charge in [-0.3, -0.25) is 4.79 Å². The van der Waals surface area contributed by atoms with Crippen LogP contribution in [0.25, 0.3) is 0 Å². The van der Waals surface area contributed by atoms with Crippen LogP contribution in [0.2, 0.25) is 5.15 Å². The molecule has 0 radical (unpaired) electrons. The Morgan fingerprint density at radius 2 is 2.29 bits per heavy atom. The third-order valence-electron chi connectivity index (χ3n) is 2.99. The molecule has 2 aromatic rings. The van der Waals surface area contributed by atoms with Crippen LogP contribution in [-0.4, -0.2) is 22.4 Å². The minimum atomic E-state index is -0.0300. The Kier molecular flexibility index (Phi) is 2.37. The number of nitrogens with one attached hydrogen (secondary N) is 2. The second kappa shape index (κ2) is 3.89. The molecule has 3 heterocycles. The number of nitrogens with zero attached hydrogens (tertiary/aromatic N) is 1. The van der Waals surface area contributed by atoms with E-state index < -0.39 is 0 Å². The summed E-state index contributed by atoms with van der Waals surface area (Å²) < 4.78 is 0. The van der Waals surface area contributed by atoms with Crippen LogP contribution in [0.15, 0.2) is 30.6 Å². The first-order chi connectivity index (χ1) is 8.25. The van der Waals surface area contributed by atoms with Crippen molar-refractivity contribution >= 4 is 17.5 Å². The Bertz CT molecular complexity index is 579. The molecular formula is C12H10ClN3O. The summed E-state index contributed by atoms with van der Waals surface area (Å²) in [6.45, 7) is 0.576. The summed E-state index contributed by atoms with van der Waals surface area (Å²) in [5, 5.41) is 3.34. The Morgan fingerprint density at radius 3 is 3.12 bits per heavy atom. The molecular weight excluding hydrogens is 238 g/mol. The van der Waals surface area contributed by atoms with Gasteiger partial charge >= 0.3 is 0 Å². The predicted molar refractivity (Wildman–Crippen MR) is 64.2 cm³/mol. The minimum Gasteiger partial charge on any atom is -0.364 e. The van der Waals surface area contributed by atoms with E-state index >= 15 is 0 Å². The van der Waals surface area contributed by atoms with E-state index in [0.29, 0.717) is 17.3 Å². The summed E-state index contributed by atoms with van der Waals surface area (Å²) in [5.74, 6) is 0.0795. The fourth-order valence-electron chi connectivity index (χ4n) is 2.18. The summed E-state index contributed by atoms with van der Waals surface area (Å²) >= 11 is 5.89. The quantitative estimate of drug-likeness (QED) is 0.757. The lowest BCUT2D eigenvalue weighted by Crippen LogP contribution is -2.35. The van der Waals surface area contributed by atoms with Crippen molar-refractivity contribution < 1.29 is 4.79 Å². The van der Waals surface area contributed by atoms with E-state index in [-0.39, 0.29) is 11.8 Å². The summed E-state index contributed by atoms with van der Waals surface area (Å²) in [4.78, 5) is 18.7. The Morgan fingerprint density at radius 1 is 1.41 bits per heavy atom.